The van der Waals surface area contributed by atoms with Crippen LogP contribution in [0.3, 0.4) is 0 Å². The number of carboxylic acid groups (broad SMARTS) is 1. The van der Waals surface area contributed by atoms with E-state index in [2.05, 4.69) is 10.6 Å². The molecule has 0 aromatic heterocycles. The van der Waals surface area contributed by atoms with Gasteiger partial charge in [0.25, 0.3) is 0 Å². The van der Waals surface area contributed by atoms with Gasteiger partial charge >= 0.3 is 12.0 Å². The van der Waals surface area contributed by atoms with Gasteiger partial charge in [-0.1, -0.05) is 19.8 Å². The molecule has 1 aliphatic rings. The van der Waals surface area contributed by atoms with Crippen LogP contribution in [-0.4, -0.2) is 43.4 Å². The summed E-state index contributed by atoms with van der Waals surface area (Å²) in [6, 6.07) is -0.551. The van der Waals surface area contributed by atoms with Gasteiger partial charge in [-0.3, -0.25) is 4.79 Å². The number of nitrogens with one attached hydrogen (secondary N) is 2. The van der Waals surface area contributed by atoms with Gasteiger partial charge in [0.2, 0.25) is 0 Å². The second-order valence-corrected chi connectivity index (χ2v) is 5.25. The predicted molar refractivity (Wildman–Crippen MR) is 71.0 cm³/mol. The molecule has 0 spiro atoms. The minimum absolute atomic E-state index is 0.234. The van der Waals surface area contributed by atoms with Crippen molar-refractivity contribution in [2.45, 2.75) is 38.6 Å². The van der Waals surface area contributed by atoms with Crippen LogP contribution in [0.15, 0.2) is 0 Å². The molecule has 6 heteroatoms. The van der Waals surface area contributed by atoms with E-state index < -0.39 is 11.9 Å². The van der Waals surface area contributed by atoms with Gasteiger partial charge in [0.15, 0.2) is 0 Å². The first-order chi connectivity index (χ1) is 9.04. The Kier molecular flexibility index (Phi) is 6.62. The number of hydrogen-bond donors (Lipinski definition) is 3. The Morgan fingerprint density at radius 1 is 1.37 bits per heavy atom. The second-order valence-electron chi connectivity index (χ2n) is 5.25. The summed E-state index contributed by atoms with van der Waals surface area (Å²) < 4.78 is 4.98. The quantitative estimate of drug-likeness (QED) is 0.678. The van der Waals surface area contributed by atoms with E-state index in [0.717, 1.165) is 19.3 Å². The van der Waals surface area contributed by atoms with E-state index in [1.807, 2.05) is 6.92 Å². The van der Waals surface area contributed by atoms with Crippen LogP contribution >= 0.6 is 0 Å². The number of hydrogen-bond acceptors (Lipinski definition) is 3. The van der Waals surface area contributed by atoms with Crippen molar-refractivity contribution in [3.05, 3.63) is 0 Å². The van der Waals surface area contributed by atoms with E-state index in [1.165, 1.54) is 0 Å². The molecule has 0 heterocycles. The zero-order valence-corrected chi connectivity index (χ0v) is 11.6. The molecular weight excluding hydrogens is 248 g/mol. The molecule has 0 aromatic carbocycles. The summed E-state index contributed by atoms with van der Waals surface area (Å²) >= 11 is 0. The van der Waals surface area contributed by atoms with E-state index in [-0.39, 0.29) is 18.0 Å². The van der Waals surface area contributed by atoms with Crippen molar-refractivity contribution in [3.63, 3.8) is 0 Å². The number of methoxy groups -OCH3 is 1. The lowest BCUT2D eigenvalue weighted by Gasteiger charge is -2.29. The molecule has 1 fully saturated rings. The molecule has 0 aliphatic heterocycles. The van der Waals surface area contributed by atoms with Gasteiger partial charge in [0.1, 0.15) is 0 Å². The van der Waals surface area contributed by atoms with Gasteiger partial charge < -0.3 is 20.5 Å². The van der Waals surface area contributed by atoms with Crippen LogP contribution in [-0.2, 0) is 9.53 Å². The summed E-state index contributed by atoms with van der Waals surface area (Å²) in [6.07, 6.45) is 3.26. The van der Waals surface area contributed by atoms with Crippen molar-refractivity contribution in [2.24, 2.45) is 11.8 Å². The van der Waals surface area contributed by atoms with Crippen molar-refractivity contribution >= 4 is 12.0 Å². The first kappa shape index (κ1) is 15.8. The Labute approximate surface area is 113 Å². The molecule has 3 unspecified atom stereocenters. The lowest BCUT2D eigenvalue weighted by molar-refractivity contribution is -0.143. The van der Waals surface area contributed by atoms with E-state index in [0.29, 0.717) is 19.6 Å². The fraction of sp³-hybridized carbons (Fsp3) is 0.846. The molecule has 6 nitrogen and oxygen atoms in total. The van der Waals surface area contributed by atoms with Gasteiger partial charge in [-0.15, -0.1) is 0 Å². The number of rotatable bonds is 6. The van der Waals surface area contributed by atoms with Gasteiger partial charge in [0.05, 0.1) is 12.5 Å². The van der Waals surface area contributed by atoms with Crippen molar-refractivity contribution in [1.82, 2.24) is 10.6 Å². The summed E-state index contributed by atoms with van der Waals surface area (Å²) in [4.78, 5) is 22.8. The van der Waals surface area contributed by atoms with Crippen LogP contribution in [0.2, 0.25) is 0 Å². The molecule has 1 saturated carbocycles. The first-order valence-electron chi connectivity index (χ1n) is 6.80. The first-order valence-corrected chi connectivity index (χ1v) is 6.80. The summed E-state index contributed by atoms with van der Waals surface area (Å²) in [5, 5.41) is 14.6. The summed E-state index contributed by atoms with van der Waals surface area (Å²) in [5.74, 6) is -1.05. The monoisotopic (exact) mass is 272 g/mol. The van der Waals surface area contributed by atoms with Crippen LogP contribution in [0.4, 0.5) is 4.79 Å². The molecule has 0 bridgehead atoms. The van der Waals surface area contributed by atoms with E-state index in [9.17, 15) is 9.59 Å². The minimum Gasteiger partial charge on any atom is -0.481 e. The average molecular weight is 272 g/mol. The van der Waals surface area contributed by atoms with Crippen LogP contribution < -0.4 is 10.6 Å². The largest absolute Gasteiger partial charge is 0.481 e. The molecule has 3 atom stereocenters. The Morgan fingerprint density at radius 2 is 2.05 bits per heavy atom. The van der Waals surface area contributed by atoms with Crippen molar-refractivity contribution in [1.29, 1.82) is 0 Å². The zero-order chi connectivity index (χ0) is 14.3. The van der Waals surface area contributed by atoms with Crippen LogP contribution in [0, 0.1) is 11.8 Å². The van der Waals surface area contributed by atoms with Crippen molar-refractivity contribution in [3.8, 4) is 0 Å². The van der Waals surface area contributed by atoms with Crippen molar-refractivity contribution < 1.29 is 19.4 Å². The molecule has 1 rings (SSSR count). The molecule has 0 radical (unpaired) electrons. The standard InChI is InChI=1S/C13H24N2O4/c1-9(8-19-2)7-14-13(18)15-11-6-4-3-5-10(11)12(16)17/h9-11H,3-8H2,1-2H3,(H,16,17)(H2,14,15,18). The zero-order valence-electron chi connectivity index (χ0n) is 11.6. The number of aliphatic carboxylic acids is 1. The summed E-state index contributed by atoms with van der Waals surface area (Å²) in [6.45, 7) is 3.08. The van der Waals surface area contributed by atoms with E-state index in [1.54, 1.807) is 7.11 Å². The Hall–Kier alpha value is -1.30. The third kappa shape index (κ3) is 5.46. The summed E-state index contributed by atoms with van der Waals surface area (Å²) in [7, 11) is 1.62. The fourth-order valence-electron chi connectivity index (χ4n) is 2.43. The third-order valence-electron chi connectivity index (χ3n) is 3.46. The second kappa shape index (κ2) is 7.99. The highest BCUT2D eigenvalue weighted by Crippen LogP contribution is 2.24. The average Bonchev–Trinajstić information content (AvgIpc) is 2.37. The topological polar surface area (TPSA) is 87.7 Å². The number of urea groups is 1. The van der Waals surface area contributed by atoms with Gasteiger partial charge in [-0.05, 0) is 18.8 Å². The third-order valence-corrected chi connectivity index (χ3v) is 3.46. The highest BCUT2D eigenvalue weighted by molar-refractivity contribution is 5.76. The molecule has 1 aliphatic carbocycles. The highest BCUT2D eigenvalue weighted by Gasteiger charge is 2.31. The Balaban J connectivity index is 2.35. The van der Waals surface area contributed by atoms with Gasteiger partial charge in [-0.2, -0.15) is 0 Å². The molecule has 110 valence electrons. The van der Waals surface area contributed by atoms with Crippen LogP contribution in [0.5, 0.6) is 0 Å². The van der Waals surface area contributed by atoms with E-state index >= 15 is 0 Å². The number of amides is 2. The maximum Gasteiger partial charge on any atom is 0.315 e. The SMILES string of the molecule is COCC(C)CNC(=O)NC1CCCCC1C(=O)O. The number of carbonyl (C=O) groups excluding carboxylic acids is 1. The molecule has 2 amide bonds. The minimum atomic E-state index is -0.822. The molecular formula is C13H24N2O4. The smallest absolute Gasteiger partial charge is 0.315 e. The Bertz CT molecular complexity index is 309. The highest BCUT2D eigenvalue weighted by atomic mass is 16.5. The maximum atomic E-state index is 11.7. The van der Waals surface area contributed by atoms with E-state index in [4.69, 9.17) is 9.84 Å². The lowest BCUT2D eigenvalue weighted by atomic mass is 9.84. The number of carboxylic acids is 1. The fourth-order valence-corrected chi connectivity index (χ4v) is 2.43. The summed E-state index contributed by atoms with van der Waals surface area (Å²) in [5.41, 5.74) is 0. The van der Waals surface area contributed by atoms with Gasteiger partial charge in [-0.25, -0.2) is 4.79 Å². The van der Waals surface area contributed by atoms with Crippen molar-refractivity contribution in [2.75, 3.05) is 20.3 Å². The van der Waals surface area contributed by atoms with Gasteiger partial charge in [0, 0.05) is 19.7 Å². The maximum absolute atomic E-state index is 11.7. The Morgan fingerprint density at radius 3 is 2.68 bits per heavy atom. The predicted octanol–water partition coefficient (Wildman–Crippen LogP) is 1.21. The molecule has 0 saturated heterocycles. The number of carbonyl (C=O) groups is 2. The molecule has 19 heavy (non-hydrogen) atoms. The van der Waals surface area contributed by atoms with Crippen LogP contribution in [0.1, 0.15) is 32.6 Å². The number of ether oxygens (including phenoxy) is 1. The van der Waals surface area contributed by atoms with Crippen LogP contribution in [0.25, 0.3) is 0 Å². The normalized spacial score (nSPS) is 24.5. The lowest BCUT2D eigenvalue weighted by Crippen LogP contribution is -2.49. The molecule has 3 N–H and O–H groups in total. The molecule has 0 aromatic rings.